The summed E-state index contributed by atoms with van der Waals surface area (Å²) in [4.78, 5) is 8.62. The number of aromatic nitrogens is 2. The van der Waals surface area contributed by atoms with Crippen LogP contribution >= 0.6 is 0 Å². The third kappa shape index (κ3) is 3.89. The molecule has 108 valence electrons. The predicted molar refractivity (Wildman–Crippen MR) is 79.9 cm³/mol. The van der Waals surface area contributed by atoms with Gasteiger partial charge in [-0.25, -0.2) is 9.37 Å². The molecule has 0 aliphatic carbocycles. The Morgan fingerprint density at radius 3 is 2.81 bits per heavy atom. The van der Waals surface area contributed by atoms with E-state index in [2.05, 4.69) is 27.5 Å². The van der Waals surface area contributed by atoms with Gasteiger partial charge in [0.15, 0.2) is 0 Å². The van der Waals surface area contributed by atoms with Crippen LogP contribution in [-0.2, 0) is 0 Å². The lowest BCUT2D eigenvalue weighted by molar-refractivity contribution is 0.624. The minimum absolute atomic E-state index is 0.00453. The highest BCUT2D eigenvalue weighted by atomic mass is 19.1. The first-order chi connectivity index (χ1) is 10.1. The van der Waals surface area contributed by atoms with E-state index in [9.17, 15) is 4.39 Å². The molecule has 0 amide bonds. The molecule has 0 aliphatic rings. The maximum atomic E-state index is 13.3. The smallest absolute Gasteiger partial charge is 0.224 e. The van der Waals surface area contributed by atoms with Gasteiger partial charge >= 0.3 is 0 Å². The van der Waals surface area contributed by atoms with Gasteiger partial charge in [-0.1, -0.05) is 6.92 Å². The van der Waals surface area contributed by atoms with Crippen molar-refractivity contribution < 1.29 is 4.39 Å². The van der Waals surface area contributed by atoms with Crippen LogP contribution in [0.1, 0.15) is 24.6 Å². The summed E-state index contributed by atoms with van der Waals surface area (Å²) in [6, 6.07) is 7.86. The van der Waals surface area contributed by atoms with E-state index in [-0.39, 0.29) is 5.56 Å². The highest BCUT2D eigenvalue weighted by molar-refractivity contribution is 5.59. The van der Waals surface area contributed by atoms with Gasteiger partial charge in [-0.3, -0.25) is 0 Å². The molecule has 1 aromatic heterocycles. The van der Waals surface area contributed by atoms with Crippen LogP contribution in [0.3, 0.4) is 0 Å². The van der Waals surface area contributed by atoms with Crippen molar-refractivity contribution in [3.05, 3.63) is 41.3 Å². The molecule has 0 saturated carbocycles. The van der Waals surface area contributed by atoms with Crippen molar-refractivity contribution in [3.63, 3.8) is 0 Å². The number of aryl methyl sites for hydroxylation is 1. The summed E-state index contributed by atoms with van der Waals surface area (Å²) in [7, 11) is 0. The fourth-order valence-electron chi connectivity index (χ4n) is 1.79. The second kappa shape index (κ2) is 6.66. The van der Waals surface area contributed by atoms with Crippen LogP contribution in [0.2, 0.25) is 0 Å². The third-order valence-electron chi connectivity index (χ3n) is 2.75. The first-order valence-electron chi connectivity index (χ1n) is 6.68. The van der Waals surface area contributed by atoms with Gasteiger partial charge in [-0.15, -0.1) is 0 Å². The van der Waals surface area contributed by atoms with Crippen molar-refractivity contribution in [2.24, 2.45) is 0 Å². The highest BCUT2D eigenvalue weighted by Crippen LogP contribution is 2.19. The van der Waals surface area contributed by atoms with E-state index >= 15 is 0 Å². The molecule has 0 aliphatic heterocycles. The van der Waals surface area contributed by atoms with E-state index in [0.717, 1.165) is 18.7 Å². The largest absolute Gasteiger partial charge is 0.354 e. The summed E-state index contributed by atoms with van der Waals surface area (Å²) in [5, 5.41) is 15.0. The number of benzene rings is 1. The second-order valence-corrected chi connectivity index (χ2v) is 4.58. The summed E-state index contributed by atoms with van der Waals surface area (Å²) in [5.41, 5.74) is 1.41. The molecule has 0 radical (unpaired) electrons. The summed E-state index contributed by atoms with van der Waals surface area (Å²) in [6.45, 7) is 4.72. The Kier molecular flexibility index (Phi) is 4.67. The normalized spacial score (nSPS) is 10.0. The number of anilines is 3. The zero-order chi connectivity index (χ0) is 15.2. The van der Waals surface area contributed by atoms with Crippen LogP contribution in [0, 0.1) is 24.1 Å². The molecule has 0 fully saturated rings. The average molecular weight is 285 g/mol. The summed E-state index contributed by atoms with van der Waals surface area (Å²) < 4.78 is 13.3. The summed E-state index contributed by atoms with van der Waals surface area (Å²) in [6.07, 6.45) is 0.976. The Labute approximate surface area is 122 Å². The number of rotatable bonds is 5. The van der Waals surface area contributed by atoms with Crippen molar-refractivity contribution in [2.75, 3.05) is 17.2 Å². The van der Waals surface area contributed by atoms with Crippen molar-refractivity contribution in [3.8, 4) is 6.07 Å². The third-order valence-corrected chi connectivity index (χ3v) is 2.75. The van der Waals surface area contributed by atoms with Crippen LogP contribution in [0.25, 0.3) is 0 Å². The van der Waals surface area contributed by atoms with E-state index in [0.29, 0.717) is 17.5 Å². The van der Waals surface area contributed by atoms with E-state index in [1.165, 1.54) is 12.1 Å². The lowest BCUT2D eigenvalue weighted by atomic mass is 10.2. The monoisotopic (exact) mass is 285 g/mol. The maximum absolute atomic E-state index is 13.3. The fraction of sp³-hybridized carbons (Fsp3) is 0.267. The average Bonchev–Trinajstić information content (AvgIpc) is 2.46. The van der Waals surface area contributed by atoms with Gasteiger partial charge in [0.1, 0.15) is 17.7 Å². The number of halogens is 1. The summed E-state index contributed by atoms with van der Waals surface area (Å²) >= 11 is 0. The van der Waals surface area contributed by atoms with Crippen molar-refractivity contribution in [1.29, 1.82) is 5.26 Å². The Hall–Kier alpha value is -2.68. The molecular weight excluding hydrogens is 269 g/mol. The molecule has 5 nitrogen and oxygen atoms in total. The van der Waals surface area contributed by atoms with Gasteiger partial charge in [0, 0.05) is 24.0 Å². The second-order valence-electron chi connectivity index (χ2n) is 4.58. The molecule has 1 aromatic carbocycles. The minimum Gasteiger partial charge on any atom is -0.354 e. The lowest BCUT2D eigenvalue weighted by Gasteiger charge is -2.10. The van der Waals surface area contributed by atoms with Gasteiger partial charge in [-0.05, 0) is 31.5 Å². The Balaban J connectivity index is 2.23. The van der Waals surface area contributed by atoms with Gasteiger partial charge in [0.2, 0.25) is 5.95 Å². The zero-order valence-electron chi connectivity index (χ0n) is 11.9. The number of nitrogens with zero attached hydrogens (tertiary/aromatic N) is 3. The molecule has 2 N–H and O–H groups in total. The lowest BCUT2D eigenvalue weighted by Crippen LogP contribution is -2.07. The molecule has 0 bridgehead atoms. The molecule has 0 atom stereocenters. The quantitative estimate of drug-likeness (QED) is 0.881. The van der Waals surface area contributed by atoms with Crippen LogP contribution in [-0.4, -0.2) is 16.5 Å². The van der Waals surface area contributed by atoms with Gasteiger partial charge in [0.25, 0.3) is 0 Å². The van der Waals surface area contributed by atoms with E-state index in [4.69, 9.17) is 5.26 Å². The van der Waals surface area contributed by atoms with E-state index < -0.39 is 5.82 Å². The Morgan fingerprint density at radius 2 is 2.10 bits per heavy atom. The molecule has 0 saturated heterocycles. The molecule has 1 heterocycles. The fourth-order valence-corrected chi connectivity index (χ4v) is 1.79. The highest BCUT2D eigenvalue weighted by Gasteiger charge is 2.05. The first-order valence-corrected chi connectivity index (χ1v) is 6.68. The minimum atomic E-state index is -0.535. The SMILES string of the molecule is CCCNc1nc(C)cc(Nc2ccc(F)c(C#N)c2)n1. The predicted octanol–water partition coefficient (Wildman–Crippen LogP) is 3.36. The molecule has 21 heavy (non-hydrogen) atoms. The first kappa shape index (κ1) is 14.7. The van der Waals surface area contributed by atoms with Crippen molar-refractivity contribution in [1.82, 2.24) is 9.97 Å². The van der Waals surface area contributed by atoms with Crippen LogP contribution in [0.5, 0.6) is 0 Å². The molecule has 2 aromatic rings. The van der Waals surface area contributed by atoms with E-state index in [1.807, 2.05) is 13.0 Å². The van der Waals surface area contributed by atoms with Crippen molar-refractivity contribution in [2.45, 2.75) is 20.3 Å². The Morgan fingerprint density at radius 1 is 1.29 bits per heavy atom. The number of hydrogen-bond donors (Lipinski definition) is 2. The molecule has 2 rings (SSSR count). The van der Waals surface area contributed by atoms with Crippen LogP contribution in [0.4, 0.5) is 21.8 Å². The summed E-state index contributed by atoms with van der Waals surface area (Å²) in [5.74, 6) is 0.603. The van der Waals surface area contributed by atoms with Crippen LogP contribution in [0.15, 0.2) is 24.3 Å². The molecule has 0 spiro atoms. The molecule has 6 heteroatoms. The molecular formula is C15H16FN5. The standard InChI is InChI=1S/C15H16FN5/c1-3-6-18-15-19-10(2)7-14(21-15)20-12-4-5-13(16)11(8-12)9-17/h4-5,7-8H,3,6H2,1-2H3,(H2,18,19,20,21). The number of nitriles is 1. The Bertz CT molecular complexity index is 678. The van der Waals surface area contributed by atoms with Gasteiger partial charge in [0.05, 0.1) is 5.56 Å². The van der Waals surface area contributed by atoms with Gasteiger partial charge in [-0.2, -0.15) is 10.2 Å². The van der Waals surface area contributed by atoms with E-state index in [1.54, 1.807) is 12.1 Å². The van der Waals surface area contributed by atoms with Crippen molar-refractivity contribution >= 4 is 17.5 Å². The van der Waals surface area contributed by atoms with Crippen LogP contribution < -0.4 is 10.6 Å². The number of hydrogen-bond acceptors (Lipinski definition) is 5. The maximum Gasteiger partial charge on any atom is 0.224 e. The zero-order valence-corrected chi connectivity index (χ0v) is 11.9. The van der Waals surface area contributed by atoms with Gasteiger partial charge < -0.3 is 10.6 Å². The number of nitrogens with one attached hydrogen (secondary N) is 2. The molecule has 0 unspecified atom stereocenters. The topological polar surface area (TPSA) is 73.6 Å².